The number of ether oxygens (including phenoxy) is 3. The van der Waals surface area contributed by atoms with Crippen LogP contribution in [0.4, 0.5) is 0 Å². The molecule has 3 heteroatoms. The van der Waals surface area contributed by atoms with Crippen molar-refractivity contribution in [2.24, 2.45) is 0 Å². The Bertz CT molecular complexity index is 556. The van der Waals surface area contributed by atoms with Crippen LogP contribution < -0.4 is 9.47 Å². The molecule has 25 heavy (non-hydrogen) atoms. The molecule has 2 aromatic rings. The van der Waals surface area contributed by atoms with E-state index in [4.69, 9.17) is 14.2 Å². The summed E-state index contributed by atoms with van der Waals surface area (Å²) >= 11 is 0. The number of hydrogen-bond donors (Lipinski definition) is 0. The largest absolute Gasteiger partial charge is 0.493 e. The first kappa shape index (κ1) is 19.3. The minimum atomic E-state index is 0.699. The summed E-state index contributed by atoms with van der Waals surface area (Å²) in [6, 6.07) is 16.4. The summed E-state index contributed by atoms with van der Waals surface area (Å²) in [6.07, 6.45) is 3.77. The first-order valence-corrected chi connectivity index (χ1v) is 9.34. The van der Waals surface area contributed by atoms with Gasteiger partial charge in [-0.25, -0.2) is 0 Å². The van der Waals surface area contributed by atoms with Crippen molar-refractivity contribution in [3.8, 4) is 11.5 Å². The highest BCUT2D eigenvalue weighted by Crippen LogP contribution is 2.20. The quantitative estimate of drug-likeness (QED) is 0.504. The summed E-state index contributed by atoms with van der Waals surface area (Å²) in [5.74, 6) is 1.96. The molecule has 0 radical (unpaired) electrons. The lowest BCUT2D eigenvalue weighted by molar-refractivity contribution is 0.139. The third-order valence-electron chi connectivity index (χ3n) is 3.90. The predicted molar refractivity (Wildman–Crippen MR) is 103 cm³/mol. The first-order valence-electron chi connectivity index (χ1n) is 9.34. The molecule has 3 nitrogen and oxygen atoms in total. The van der Waals surface area contributed by atoms with E-state index in [1.54, 1.807) is 0 Å². The Morgan fingerprint density at radius 1 is 0.600 bits per heavy atom. The normalized spacial score (nSPS) is 10.6. The number of hydrogen-bond acceptors (Lipinski definition) is 3. The van der Waals surface area contributed by atoms with Gasteiger partial charge in [0.1, 0.15) is 11.5 Å². The second-order valence-electron chi connectivity index (χ2n) is 6.02. The molecule has 0 fully saturated rings. The van der Waals surface area contributed by atoms with Crippen molar-refractivity contribution < 1.29 is 14.2 Å². The van der Waals surface area contributed by atoms with E-state index in [1.807, 2.05) is 24.3 Å². The maximum Gasteiger partial charge on any atom is 0.122 e. The molecule has 136 valence electrons. The maximum atomic E-state index is 5.85. The summed E-state index contributed by atoms with van der Waals surface area (Å²) in [5.41, 5.74) is 2.42. The van der Waals surface area contributed by atoms with Gasteiger partial charge in [0.2, 0.25) is 0 Å². The van der Waals surface area contributed by atoms with Crippen molar-refractivity contribution in [3.63, 3.8) is 0 Å². The fourth-order valence-electron chi connectivity index (χ4n) is 2.59. The van der Waals surface area contributed by atoms with Crippen molar-refractivity contribution >= 4 is 0 Å². The Hall–Kier alpha value is -2.00. The topological polar surface area (TPSA) is 27.7 Å². The second kappa shape index (κ2) is 11.5. The van der Waals surface area contributed by atoms with Crippen molar-refractivity contribution in [2.75, 3.05) is 26.4 Å². The average molecular weight is 342 g/mol. The van der Waals surface area contributed by atoms with Gasteiger partial charge in [0, 0.05) is 0 Å². The molecular formula is C22H30O3. The Morgan fingerprint density at radius 3 is 1.48 bits per heavy atom. The molecule has 0 amide bonds. The summed E-state index contributed by atoms with van der Waals surface area (Å²) in [5, 5.41) is 0. The van der Waals surface area contributed by atoms with E-state index in [9.17, 15) is 0 Å². The minimum absolute atomic E-state index is 0.699. The highest BCUT2D eigenvalue weighted by Gasteiger charge is 2.05. The van der Waals surface area contributed by atoms with Crippen LogP contribution in [0.25, 0.3) is 0 Å². The lowest BCUT2D eigenvalue weighted by Crippen LogP contribution is -2.06. The van der Waals surface area contributed by atoms with Crippen LogP contribution in [0.3, 0.4) is 0 Å². The zero-order valence-corrected chi connectivity index (χ0v) is 15.5. The van der Waals surface area contributed by atoms with Gasteiger partial charge in [-0.2, -0.15) is 0 Å². The molecule has 0 bridgehead atoms. The van der Waals surface area contributed by atoms with Crippen molar-refractivity contribution in [2.45, 2.75) is 39.5 Å². The molecule has 0 aliphatic rings. The van der Waals surface area contributed by atoms with E-state index in [1.165, 1.54) is 11.1 Å². The van der Waals surface area contributed by atoms with Gasteiger partial charge in [0.15, 0.2) is 0 Å². The van der Waals surface area contributed by atoms with Crippen LogP contribution in [0.1, 0.15) is 37.8 Å². The van der Waals surface area contributed by atoms with Gasteiger partial charge in [-0.3, -0.25) is 0 Å². The molecule has 0 aliphatic carbocycles. The van der Waals surface area contributed by atoms with Crippen LogP contribution in [-0.2, 0) is 17.6 Å². The Morgan fingerprint density at radius 2 is 1.04 bits per heavy atom. The van der Waals surface area contributed by atoms with Gasteiger partial charge in [-0.1, -0.05) is 50.2 Å². The smallest absolute Gasteiger partial charge is 0.122 e. The van der Waals surface area contributed by atoms with E-state index in [0.29, 0.717) is 13.2 Å². The van der Waals surface area contributed by atoms with Crippen LogP contribution in [0, 0.1) is 0 Å². The SMILES string of the molecule is CCCOc1ccccc1CCOCCc1ccccc1OCCC. The van der Waals surface area contributed by atoms with Gasteiger partial charge >= 0.3 is 0 Å². The molecule has 0 unspecified atom stereocenters. The van der Waals surface area contributed by atoms with Gasteiger partial charge in [0.25, 0.3) is 0 Å². The van der Waals surface area contributed by atoms with Crippen molar-refractivity contribution in [3.05, 3.63) is 59.7 Å². The second-order valence-corrected chi connectivity index (χ2v) is 6.02. The number of para-hydroxylation sites is 2. The third-order valence-corrected chi connectivity index (χ3v) is 3.90. The maximum absolute atomic E-state index is 5.85. The highest BCUT2D eigenvalue weighted by molar-refractivity contribution is 5.34. The van der Waals surface area contributed by atoms with Crippen LogP contribution in [0.5, 0.6) is 11.5 Å². The molecular weight excluding hydrogens is 312 g/mol. The Kier molecular flexibility index (Phi) is 8.92. The van der Waals surface area contributed by atoms with Gasteiger partial charge in [-0.15, -0.1) is 0 Å². The zero-order chi connectivity index (χ0) is 17.7. The summed E-state index contributed by atoms with van der Waals surface area (Å²) in [6.45, 7) is 7.15. The molecule has 0 saturated heterocycles. The molecule has 0 saturated carbocycles. The Balaban J connectivity index is 1.75. The summed E-state index contributed by atoms with van der Waals surface area (Å²) in [7, 11) is 0. The van der Waals surface area contributed by atoms with Crippen LogP contribution >= 0.6 is 0 Å². The molecule has 2 rings (SSSR count). The molecule has 0 N–H and O–H groups in total. The van der Waals surface area contributed by atoms with E-state index in [0.717, 1.165) is 50.4 Å². The van der Waals surface area contributed by atoms with Gasteiger partial charge in [-0.05, 0) is 48.9 Å². The number of rotatable bonds is 12. The first-order chi connectivity index (χ1) is 12.3. The third kappa shape index (κ3) is 6.79. The molecule has 2 aromatic carbocycles. The van der Waals surface area contributed by atoms with Crippen LogP contribution in [0.15, 0.2) is 48.5 Å². The van der Waals surface area contributed by atoms with Gasteiger partial charge < -0.3 is 14.2 Å². The molecule has 0 atom stereocenters. The van der Waals surface area contributed by atoms with E-state index in [2.05, 4.69) is 38.1 Å². The van der Waals surface area contributed by atoms with Gasteiger partial charge in [0.05, 0.1) is 26.4 Å². The molecule has 0 heterocycles. The zero-order valence-electron chi connectivity index (χ0n) is 15.5. The van der Waals surface area contributed by atoms with Crippen LogP contribution in [0.2, 0.25) is 0 Å². The lowest BCUT2D eigenvalue weighted by atomic mass is 10.1. The fraction of sp³-hybridized carbons (Fsp3) is 0.455. The van der Waals surface area contributed by atoms with E-state index >= 15 is 0 Å². The van der Waals surface area contributed by atoms with E-state index in [-0.39, 0.29) is 0 Å². The highest BCUT2D eigenvalue weighted by atomic mass is 16.5. The lowest BCUT2D eigenvalue weighted by Gasteiger charge is -2.12. The molecule has 0 aliphatic heterocycles. The summed E-state index contributed by atoms with van der Waals surface area (Å²) < 4.78 is 17.4. The van der Waals surface area contributed by atoms with Crippen LogP contribution in [-0.4, -0.2) is 26.4 Å². The monoisotopic (exact) mass is 342 g/mol. The standard InChI is InChI=1S/C22H30O3/c1-3-15-24-21-11-7-5-9-19(21)13-17-23-18-14-20-10-6-8-12-22(20)25-16-4-2/h5-12H,3-4,13-18H2,1-2H3. The fourth-order valence-corrected chi connectivity index (χ4v) is 2.59. The summed E-state index contributed by atoms with van der Waals surface area (Å²) in [4.78, 5) is 0. The minimum Gasteiger partial charge on any atom is -0.493 e. The number of benzene rings is 2. The predicted octanol–water partition coefficient (Wildman–Crippen LogP) is 5.07. The van der Waals surface area contributed by atoms with Crippen molar-refractivity contribution in [1.82, 2.24) is 0 Å². The van der Waals surface area contributed by atoms with Crippen molar-refractivity contribution in [1.29, 1.82) is 0 Å². The average Bonchev–Trinajstić information content (AvgIpc) is 2.66. The Labute approximate surface area is 151 Å². The molecule has 0 spiro atoms. The molecule has 0 aromatic heterocycles. The van der Waals surface area contributed by atoms with E-state index < -0.39 is 0 Å².